The van der Waals surface area contributed by atoms with E-state index in [1.54, 1.807) is 11.3 Å². The minimum atomic E-state index is 0.777. The molecule has 0 fully saturated rings. The first-order valence-corrected chi connectivity index (χ1v) is 7.54. The average molecular weight is 256 g/mol. The SMILES string of the molecule is Cc1ccc(C)c2c1c1c(n2CCCN)CCCC1. The number of benzene rings is 1. The molecule has 1 aromatic carbocycles. The molecule has 0 unspecified atom stereocenters. The molecule has 0 saturated carbocycles. The van der Waals surface area contributed by atoms with Gasteiger partial charge in [-0.2, -0.15) is 0 Å². The van der Waals surface area contributed by atoms with E-state index in [-0.39, 0.29) is 0 Å². The molecule has 0 aliphatic heterocycles. The van der Waals surface area contributed by atoms with Crippen LogP contribution in [0.15, 0.2) is 12.1 Å². The van der Waals surface area contributed by atoms with E-state index in [2.05, 4.69) is 30.5 Å². The molecule has 1 aliphatic carbocycles. The lowest BCUT2D eigenvalue weighted by atomic mass is 9.93. The lowest BCUT2D eigenvalue weighted by Gasteiger charge is -2.16. The van der Waals surface area contributed by atoms with E-state index < -0.39 is 0 Å². The van der Waals surface area contributed by atoms with E-state index in [9.17, 15) is 0 Å². The Bertz CT molecular complexity index is 607. The molecule has 19 heavy (non-hydrogen) atoms. The highest BCUT2D eigenvalue weighted by Gasteiger charge is 2.21. The van der Waals surface area contributed by atoms with E-state index in [0.717, 1.165) is 19.5 Å². The summed E-state index contributed by atoms with van der Waals surface area (Å²) in [4.78, 5) is 0. The summed E-state index contributed by atoms with van der Waals surface area (Å²) in [6, 6.07) is 4.54. The van der Waals surface area contributed by atoms with Gasteiger partial charge in [0.2, 0.25) is 0 Å². The van der Waals surface area contributed by atoms with Crippen LogP contribution >= 0.6 is 0 Å². The van der Waals surface area contributed by atoms with Crippen molar-refractivity contribution >= 4 is 10.9 Å². The zero-order valence-corrected chi connectivity index (χ0v) is 12.1. The smallest absolute Gasteiger partial charge is 0.0517 e. The molecule has 102 valence electrons. The van der Waals surface area contributed by atoms with Gasteiger partial charge in [-0.05, 0) is 69.2 Å². The Morgan fingerprint density at radius 2 is 1.84 bits per heavy atom. The molecule has 0 spiro atoms. The van der Waals surface area contributed by atoms with Crippen molar-refractivity contribution in [2.45, 2.75) is 52.5 Å². The van der Waals surface area contributed by atoms with E-state index >= 15 is 0 Å². The van der Waals surface area contributed by atoms with Crippen molar-refractivity contribution in [3.05, 3.63) is 34.5 Å². The molecule has 2 heteroatoms. The Hall–Kier alpha value is -1.28. The third kappa shape index (κ3) is 1.99. The Morgan fingerprint density at radius 3 is 2.63 bits per heavy atom. The predicted octanol–water partition coefficient (Wildman–Crippen LogP) is 3.49. The van der Waals surface area contributed by atoms with Gasteiger partial charge < -0.3 is 10.3 Å². The molecule has 0 radical (unpaired) electrons. The van der Waals surface area contributed by atoms with Crippen LogP contribution in [0.5, 0.6) is 0 Å². The number of rotatable bonds is 3. The Balaban J connectivity index is 2.29. The third-order valence-electron chi connectivity index (χ3n) is 4.51. The largest absolute Gasteiger partial charge is 0.344 e. The molecule has 0 saturated heterocycles. The summed E-state index contributed by atoms with van der Waals surface area (Å²) < 4.78 is 2.57. The van der Waals surface area contributed by atoms with Crippen LogP contribution < -0.4 is 5.73 Å². The number of aromatic nitrogens is 1. The van der Waals surface area contributed by atoms with Gasteiger partial charge in [-0.15, -0.1) is 0 Å². The molecule has 1 aliphatic rings. The van der Waals surface area contributed by atoms with Crippen LogP contribution in [0.4, 0.5) is 0 Å². The number of fused-ring (bicyclic) bond motifs is 3. The summed E-state index contributed by atoms with van der Waals surface area (Å²) in [7, 11) is 0. The van der Waals surface area contributed by atoms with Crippen LogP contribution in [0.1, 0.15) is 41.6 Å². The minimum Gasteiger partial charge on any atom is -0.344 e. The summed E-state index contributed by atoms with van der Waals surface area (Å²) in [5.41, 5.74) is 13.3. The van der Waals surface area contributed by atoms with Gasteiger partial charge in [-0.3, -0.25) is 0 Å². The second-order valence-electron chi connectivity index (χ2n) is 5.85. The van der Waals surface area contributed by atoms with Gasteiger partial charge in [0, 0.05) is 17.6 Å². The van der Waals surface area contributed by atoms with Crippen molar-refractivity contribution in [2.24, 2.45) is 5.73 Å². The monoisotopic (exact) mass is 256 g/mol. The van der Waals surface area contributed by atoms with Crippen molar-refractivity contribution in [1.82, 2.24) is 4.57 Å². The molecule has 0 bridgehead atoms. The van der Waals surface area contributed by atoms with E-state index in [1.807, 2.05) is 0 Å². The molecule has 2 N–H and O–H groups in total. The molecule has 1 heterocycles. The molecule has 1 aromatic heterocycles. The predicted molar refractivity (Wildman–Crippen MR) is 81.7 cm³/mol. The van der Waals surface area contributed by atoms with Crippen molar-refractivity contribution in [3.63, 3.8) is 0 Å². The highest BCUT2D eigenvalue weighted by atomic mass is 15.0. The van der Waals surface area contributed by atoms with Gasteiger partial charge in [0.05, 0.1) is 5.52 Å². The van der Waals surface area contributed by atoms with Crippen molar-refractivity contribution in [2.75, 3.05) is 6.54 Å². The van der Waals surface area contributed by atoms with Crippen LogP contribution in [-0.4, -0.2) is 11.1 Å². The highest BCUT2D eigenvalue weighted by Crippen LogP contribution is 2.35. The first-order valence-electron chi connectivity index (χ1n) is 7.54. The van der Waals surface area contributed by atoms with Crippen LogP contribution in [0, 0.1) is 13.8 Å². The molecule has 3 rings (SSSR count). The number of hydrogen-bond acceptors (Lipinski definition) is 1. The minimum absolute atomic E-state index is 0.777. The topological polar surface area (TPSA) is 30.9 Å². The lowest BCUT2D eigenvalue weighted by Crippen LogP contribution is -2.11. The Morgan fingerprint density at radius 1 is 1.11 bits per heavy atom. The van der Waals surface area contributed by atoms with Crippen LogP contribution in [-0.2, 0) is 19.4 Å². The second kappa shape index (κ2) is 5.01. The van der Waals surface area contributed by atoms with Crippen molar-refractivity contribution in [3.8, 4) is 0 Å². The van der Waals surface area contributed by atoms with Crippen LogP contribution in [0.3, 0.4) is 0 Å². The Labute approximate surface area is 115 Å². The van der Waals surface area contributed by atoms with Crippen molar-refractivity contribution < 1.29 is 0 Å². The van der Waals surface area contributed by atoms with E-state index in [0.29, 0.717) is 0 Å². The molecule has 2 aromatic rings. The van der Waals surface area contributed by atoms with Gasteiger partial charge in [0.15, 0.2) is 0 Å². The maximum Gasteiger partial charge on any atom is 0.0517 e. The standard InChI is InChI=1S/C17H24N2/c1-12-8-9-13(2)17-16(12)14-6-3-4-7-15(14)19(17)11-5-10-18/h8-9H,3-7,10-11,18H2,1-2H3. The zero-order chi connectivity index (χ0) is 13.4. The van der Waals surface area contributed by atoms with Crippen LogP contribution in [0.25, 0.3) is 10.9 Å². The van der Waals surface area contributed by atoms with E-state index in [4.69, 9.17) is 5.73 Å². The number of nitrogens with zero attached hydrogens (tertiary/aromatic N) is 1. The maximum atomic E-state index is 5.72. The first-order chi connectivity index (χ1) is 9.24. The third-order valence-corrected chi connectivity index (χ3v) is 4.51. The quantitative estimate of drug-likeness (QED) is 0.895. The fourth-order valence-electron chi connectivity index (χ4n) is 3.61. The zero-order valence-electron chi connectivity index (χ0n) is 12.1. The summed E-state index contributed by atoms with van der Waals surface area (Å²) in [5, 5.41) is 1.53. The van der Waals surface area contributed by atoms with E-state index in [1.165, 1.54) is 47.7 Å². The number of aryl methyl sites for hydroxylation is 4. The summed E-state index contributed by atoms with van der Waals surface area (Å²) in [6.07, 6.45) is 6.25. The maximum absolute atomic E-state index is 5.72. The average Bonchev–Trinajstić information content (AvgIpc) is 2.76. The number of nitrogens with two attached hydrogens (primary N) is 1. The molecule has 2 nitrogen and oxygen atoms in total. The highest BCUT2D eigenvalue weighted by molar-refractivity contribution is 5.91. The summed E-state index contributed by atoms with van der Waals surface area (Å²) in [5.74, 6) is 0. The fourth-order valence-corrected chi connectivity index (χ4v) is 3.61. The van der Waals surface area contributed by atoms with Crippen molar-refractivity contribution in [1.29, 1.82) is 0 Å². The lowest BCUT2D eigenvalue weighted by molar-refractivity contribution is 0.595. The fraction of sp³-hybridized carbons (Fsp3) is 0.529. The van der Waals surface area contributed by atoms with Crippen LogP contribution in [0.2, 0.25) is 0 Å². The normalized spacial score (nSPS) is 14.9. The molecular weight excluding hydrogens is 232 g/mol. The second-order valence-corrected chi connectivity index (χ2v) is 5.85. The summed E-state index contributed by atoms with van der Waals surface area (Å²) in [6.45, 7) is 6.35. The first kappa shape index (κ1) is 12.7. The van der Waals surface area contributed by atoms with Gasteiger partial charge in [-0.25, -0.2) is 0 Å². The number of hydrogen-bond donors (Lipinski definition) is 1. The van der Waals surface area contributed by atoms with Gasteiger partial charge >= 0.3 is 0 Å². The Kier molecular flexibility index (Phi) is 3.36. The molecule has 0 atom stereocenters. The van der Waals surface area contributed by atoms with Gasteiger partial charge in [0.25, 0.3) is 0 Å². The summed E-state index contributed by atoms with van der Waals surface area (Å²) >= 11 is 0. The van der Waals surface area contributed by atoms with Gasteiger partial charge in [-0.1, -0.05) is 12.1 Å². The van der Waals surface area contributed by atoms with Gasteiger partial charge in [0.1, 0.15) is 0 Å². The molecular formula is C17H24N2. The molecule has 0 amide bonds.